The lowest BCUT2D eigenvalue weighted by atomic mass is 10.0. The number of anilines is 5. The first kappa shape index (κ1) is 22.7. The molecule has 3 N–H and O–H groups in total. The lowest BCUT2D eigenvalue weighted by molar-refractivity contribution is -0.111. The van der Waals surface area contributed by atoms with Gasteiger partial charge in [0.15, 0.2) is 0 Å². The van der Waals surface area contributed by atoms with E-state index in [1.54, 1.807) is 36.5 Å². The fourth-order valence-electron chi connectivity index (χ4n) is 3.71. The normalized spacial score (nSPS) is 10.7. The van der Waals surface area contributed by atoms with Gasteiger partial charge in [-0.2, -0.15) is 10.1 Å². The number of amides is 1. The Bertz CT molecular complexity index is 1590. The minimum Gasteiger partial charge on any atom is -0.337 e. The second-order valence-electron chi connectivity index (χ2n) is 7.87. The van der Waals surface area contributed by atoms with Crippen molar-refractivity contribution in [2.75, 3.05) is 16.0 Å². The molecule has 0 aliphatic carbocycles. The number of carbonyl (C=O) groups is 1. The van der Waals surface area contributed by atoms with E-state index in [2.05, 4.69) is 42.6 Å². The number of carbonyl (C=O) groups excluding carboxylic acids is 1. The molecular weight excluding hydrogens is 459 g/mol. The van der Waals surface area contributed by atoms with Crippen molar-refractivity contribution in [1.29, 1.82) is 0 Å². The van der Waals surface area contributed by atoms with Crippen molar-refractivity contribution < 1.29 is 9.18 Å². The molecule has 10 heteroatoms. The topological polar surface area (TPSA) is 110 Å². The van der Waals surface area contributed by atoms with Crippen LogP contribution in [0.25, 0.3) is 22.0 Å². The van der Waals surface area contributed by atoms with Gasteiger partial charge in [0.05, 0.1) is 23.1 Å². The van der Waals surface area contributed by atoms with Crippen molar-refractivity contribution in [3.8, 4) is 11.1 Å². The molecule has 0 saturated carbocycles. The highest BCUT2D eigenvalue weighted by atomic mass is 19.1. The number of halogens is 1. The van der Waals surface area contributed by atoms with Crippen molar-refractivity contribution >= 4 is 45.6 Å². The molecule has 2 aromatic carbocycles. The van der Waals surface area contributed by atoms with Gasteiger partial charge in [-0.25, -0.2) is 9.37 Å². The van der Waals surface area contributed by atoms with Gasteiger partial charge in [-0.3, -0.25) is 14.5 Å². The number of pyridine rings is 1. The van der Waals surface area contributed by atoms with Gasteiger partial charge in [0.25, 0.3) is 0 Å². The number of hydrogen-bond acceptors (Lipinski definition) is 7. The zero-order valence-corrected chi connectivity index (χ0v) is 19.2. The van der Waals surface area contributed by atoms with Gasteiger partial charge in [0.2, 0.25) is 11.9 Å². The van der Waals surface area contributed by atoms with Gasteiger partial charge in [0.1, 0.15) is 11.6 Å². The van der Waals surface area contributed by atoms with Crippen LogP contribution in [0.5, 0.6) is 0 Å². The van der Waals surface area contributed by atoms with Crippen LogP contribution in [-0.4, -0.2) is 30.6 Å². The van der Waals surface area contributed by atoms with Crippen LogP contribution >= 0.6 is 0 Å². The van der Waals surface area contributed by atoms with E-state index < -0.39 is 11.7 Å². The summed E-state index contributed by atoms with van der Waals surface area (Å²) in [6.45, 7) is 3.44. The fourth-order valence-corrected chi connectivity index (χ4v) is 3.71. The number of aromatic nitrogens is 5. The van der Waals surface area contributed by atoms with Gasteiger partial charge in [0, 0.05) is 42.3 Å². The molecule has 3 heterocycles. The Labute approximate surface area is 205 Å². The minimum absolute atomic E-state index is 0.127. The maximum Gasteiger partial charge on any atom is 0.247 e. The van der Waals surface area contributed by atoms with E-state index in [9.17, 15) is 9.18 Å². The largest absolute Gasteiger partial charge is 0.337 e. The number of nitrogens with one attached hydrogen (secondary N) is 3. The first-order valence-corrected chi connectivity index (χ1v) is 11.0. The van der Waals surface area contributed by atoms with E-state index in [-0.39, 0.29) is 5.69 Å². The van der Waals surface area contributed by atoms with Crippen LogP contribution in [0.2, 0.25) is 0 Å². The van der Waals surface area contributed by atoms with E-state index in [1.165, 1.54) is 18.2 Å². The summed E-state index contributed by atoms with van der Waals surface area (Å²) in [6.07, 6.45) is 7.96. The van der Waals surface area contributed by atoms with Gasteiger partial charge in [-0.05, 0) is 42.0 Å². The summed E-state index contributed by atoms with van der Waals surface area (Å²) in [5.41, 5.74) is 3.51. The number of rotatable bonds is 7. The van der Waals surface area contributed by atoms with Crippen LogP contribution in [0.3, 0.4) is 0 Å². The van der Waals surface area contributed by atoms with Crippen LogP contribution in [-0.2, 0) is 11.8 Å². The lowest BCUT2D eigenvalue weighted by Crippen LogP contribution is -2.08. The molecule has 0 bridgehead atoms. The summed E-state index contributed by atoms with van der Waals surface area (Å²) in [7, 11) is 1.80. The second-order valence-corrected chi connectivity index (χ2v) is 7.87. The predicted octanol–water partition coefficient (Wildman–Crippen LogP) is 5.18. The number of fused-ring (bicyclic) bond motifs is 1. The quantitative estimate of drug-likeness (QED) is 0.276. The van der Waals surface area contributed by atoms with Crippen LogP contribution in [0.15, 0.2) is 86.0 Å². The molecule has 0 aliphatic rings. The summed E-state index contributed by atoms with van der Waals surface area (Å²) >= 11 is 0. The Morgan fingerprint density at radius 1 is 1.03 bits per heavy atom. The Kier molecular flexibility index (Phi) is 6.06. The Morgan fingerprint density at radius 3 is 2.72 bits per heavy atom. The van der Waals surface area contributed by atoms with Crippen molar-refractivity contribution in [2.45, 2.75) is 0 Å². The molecule has 0 atom stereocenters. The number of nitrogens with zero attached hydrogens (tertiary/aromatic N) is 5. The van der Waals surface area contributed by atoms with Gasteiger partial charge >= 0.3 is 0 Å². The molecule has 0 aliphatic heterocycles. The molecule has 9 nitrogen and oxygen atoms in total. The molecule has 5 aromatic rings. The zero-order chi connectivity index (χ0) is 25.1. The van der Waals surface area contributed by atoms with Gasteiger partial charge in [-0.1, -0.05) is 24.8 Å². The number of benzene rings is 2. The van der Waals surface area contributed by atoms with Crippen molar-refractivity contribution in [3.63, 3.8) is 0 Å². The van der Waals surface area contributed by atoms with Crippen molar-refractivity contribution in [1.82, 2.24) is 24.7 Å². The summed E-state index contributed by atoms with van der Waals surface area (Å²) in [5.74, 6) is -0.262. The second kappa shape index (κ2) is 9.63. The first-order valence-electron chi connectivity index (χ1n) is 11.0. The Balaban J connectivity index is 1.60. The first-order chi connectivity index (χ1) is 17.5. The van der Waals surface area contributed by atoms with E-state index in [1.807, 2.05) is 30.3 Å². The third-order valence-corrected chi connectivity index (χ3v) is 5.36. The average Bonchev–Trinajstić information content (AvgIpc) is 3.30. The van der Waals surface area contributed by atoms with Crippen LogP contribution in [0, 0.1) is 5.82 Å². The monoisotopic (exact) mass is 480 g/mol. The molecule has 178 valence electrons. The molecular formula is C26H21FN8O. The molecule has 0 spiro atoms. The van der Waals surface area contributed by atoms with E-state index in [0.29, 0.717) is 28.7 Å². The standard InChI is InChI=1S/C26H21FN8O/c1-3-24(36)31-16-9-10-21(27)23(12-16)33-25-20(18-6-4-8-22-19(18)7-5-11-28-22)14-29-26(34-25)32-17-13-30-35(2)15-17/h3-15H,1H2,2H3,(H,31,36)(H2,29,32,33,34). The highest BCUT2D eigenvalue weighted by molar-refractivity contribution is 6.00. The third kappa shape index (κ3) is 4.73. The van der Waals surface area contributed by atoms with E-state index in [0.717, 1.165) is 22.5 Å². The molecule has 5 rings (SSSR count). The molecule has 0 unspecified atom stereocenters. The highest BCUT2D eigenvalue weighted by Gasteiger charge is 2.15. The number of hydrogen-bond donors (Lipinski definition) is 3. The molecule has 3 aromatic heterocycles. The molecule has 36 heavy (non-hydrogen) atoms. The van der Waals surface area contributed by atoms with Crippen LogP contribution in [0.4, 0.5) is 33.2 Å². The molecule has 1 amide bonds. The Morgan fingerprint density at radius 2 is 1.92 bits per heavy atom. The lowest BCUT2D eigenvalue weighted by Gasteiger charge is -2.15. The third-order valence-electron chi connectivity index (χ3n) is 5.36. The predicted molar refractivity (Wildman–Crippen MR) is 138 cm³/mol. The van der Waals surface area contributed by atoms with Crippen LogP contribution in [0.1, 0.15) is 0 Å². The van der Waals surface area contributed by atoms with Crippen molar-refractivity contribution in [3.05, 3.63) is 91.8 Å². The van der Waals surface area contributed by atoms with Gasteiger partial charge < -0.3 is 16.0 Å². The zero-order valence-electron chi connectivity index (χ0n) is 19.2. The average molecular weight is 481 g/mol. The fraction of sp³-hybridized carbons (Fsp3) is 0.0385. The Hall–Kier alpha value is -5.12. The summed E-state index contributed by atoms with van der Waals surface area (Å²) in [5, 5.41) is 13.9. The minimum atomic E-state index is -0.516. The molecule has 0 saturated heterocycles. The van der Waals surface area contributed by atoms with E-state index in [4.69, 9.17) is 0 Å². The summed E-state index contributed by atoms with van der Waals surface area (Å²) in [4.78, 5) is 25.3. The number of aryl methyl sites for hydroxylation is 1. The summed E-state index contributed by atoms with van der Waals surface area (Å²) in [6, 6.07) is 13.8. The molecule has 0 fully saturated rings. The maximum absolute atomic E-state index is 14.8. The highest BCUT2D eigenvalue weighted by Crippen LogP contribution is 2.35. The van der Waals surface area contributed by atoms with Crippen molar-refractivity contribution in [2.24, 2.45) is 7.05 Å². The van der Waals surface area contributed by atoms with Gasteiger partial charge in [-0.15, -0.1) is 0 Å². The smallest absolute Gasteiger partial charge is 0.247 e. The van der Waals surface area contributed by atoms with Crippen LogP contribution < -0.4 is 16.0 Å². The maximum atomic E-state index is 14.8. The summed E-state index contributed by atoms with van der Waals surface area (Å²) < 4.78 is 16.5. The van der Waals surface area contributed by atoms with E-state index >= 15 is 0 Å². The SMILES string of the molecule is C=CC(=O)Nc1ccc(F)c(Nc2nc(Nc3cnn(C)c3)ncc2-c2cccc3ncccc23)c1. The molecule has 0 radical (unpaired) electrons.